The van der Waals surface area contributed by atoms with Gasteiger partial charge in [-0.3, -0.25) is 9.59 Å². The monoisotopic (exact) mass is 331 g/mol. The van der Waals surface area contributed by atoms with Gasteiger partial charge in [0.25, 0.3) is 0 Å². The highest BCUT2D eigenvalue weighted by atomic mass is 35.5. The van der Waals surface area contributed by atoms with E-state index in [1.54, 1.807) is 18.2 Å². The Bertz CT molecular complexity index is 546. The first-order valence-electron chi connectivity index (χ1n) is 6.08. The zero-order valence-corrected chi connectivity index (χ0v) is 12.8. The van der Waals surface area contributed by atoms with Crippen LogP contribution < -0.4 is 5.32 Å². The third-order valence-corrected chi connectivity index (χ3v) is 3.19. The molecule has 114 valence electrons. The number of halogens is 2. The molecule has 1 amide bonds. The van der Waals surface area contributed by atoms with Gasteiger partial charge in [-0.05, 0) is 29.8 Å². The number of ether oxygens (including phenoxy) is 1. The molecule has 0 saturated heterocycles. The van der Waals surface area contributed by atoms with E-state index in [1.807, 2.05) is 0 Å². The summed E-state index contributed by atoms with van der Waals surface area (Å²) < 4.78 is 4.95. The SMILES string of the molecule is COC(CNC(=O)/C=C/c1cc(Cl)ccc1Cl)CC(=O)O. The van der Waals surface area contributed by atoms with Crippen molar-refractivity contribution in [3.63, 3.8) is 0 Å². The predicted octanol–water partition coefficient (Wildman–Crippen LogP) is 2.61. The quantitative estimate of drug-likeness (QED) is 0.753. The van der Waals surface area contributed by atoms with Crippen molar-refractivity contribution in [2.24, 2.45) is 0 Å². The van der Waals surface area contributed by atoms with Gasteiger partial charge in [0.1, 0.15) is 0 Å². The van der Waals surface area contributed by atoms with Gasteiger partial charge in [0.15, 0.2) is 0 Å². The zero-order valence-electron chi connectivity index (χ0n) is 11.3. The second-order valence-electron chi connectivity index (χ2n) is 4.20. The molecule has 1 rings (SSSR count). The Kier molecular flexibility index (Phi) is 7.22. The molecule has 7 heteroatoms. The summed E-state index contributed by atoms with van der Waals surface area (Å²) in [5, 5.41) is 12.2. The van der Waals surface area contributed by atoms with Crippen LogP contribution >= 0.6 is 23.2 Å². The first kappa shape index (κ1) is 17.5. The molecule has 0 saturated carbocycles. The number of amides is 1. The van der Waals surface area contributed by atoms with Gasteiger partial charge in [-0.25, -0.2) is 0 Å². The third-order valence-electron chi connectivity index (χ3n) is 2.61. The second-order valence-corrected chi connectivity index (χ2v) is 5.04. The fourth-order valence-electron chi connectivity index (χ4n) is 1.51. The molecule has 1 aromatic carbocycles. The topological polar surface area (TPSA) is 75.6 Å². The van der Waals surface area contributed by atoms with E-state index in [4.69, 9.17) is 33.0 Å². The van der Waals surface area contributed by atoms with E-state index in [2.05, 4.69) is 5.32 Å². The highest BCUT2D eigenvalue weighted by Gasteiger charge is 2.12. The summed E-state index contributed by atoms with van der Waals surface area (Å²) in [6.07, 6.45) is 2.07. The van der Waals surface area contributed by atoms with Gasteiger partial charge in [0.2, 0.25) is 5.91 Å². The van der Waals surface area contributed by atoms with Crippen LogP contribution in [0.3, 0.4) is 0 Å². The van der Waals surface area contributed by atoms with Crippen molar-refractivity contribution in [1.82, 2.24) is 5.32 Å². The van der Waals surface area contributed by atoms with Crippen LogP contribution in [0.2, 0.25) is 10.0 Å². The highest BCUT2D eigenvalue weighted by Crippen LogP contribution is 2.21. The van der Waals surface area contributed by atoms with Crippen molar-refractivity contribution in [2.75, 3.05) is 13.7 Å². The number of benzene rings is 1. The number of aliphatic carboxylic acids is 1. The Morgan fingerprint density at radius 2 is 2.14 bits per heavy atom. The van der Waals surface area contributed by atoms with Crippen molar-refractivity contribution in [1.29, 1.82) is 0 Å². The Balaban J connectivity index is 2.55. The molecule has 0 fully saturated rings. The lowest BCUT2D eigenvalue weighted by molar-refractivity contribution is -0.140. The largest absolute Gasteiger partial charge is 0.481 e. The van der Waals surface area contributed by atoms with Crippen LogP contribution in [-0.2, 0) is 14.3 Å². The summed E-state index contributed by atoms with van der Waals surface area (Å²) >= 11 is 11.8. The highest BCUT2D eigenvalue weighted by molar-refractivity contribution is 6.34. The minimum atomic E-state index is -0.989. The van der Waals surface area contributed by atoms with E-state index in [-0.39, 0.29) is 18.9 Å². The fraction of sp³-hybridized carbons (Fsp3) is 0.286. The molecule has 2 N–H and O–H groups in total. The molecule has 0 heterocycles. The zero-order chi connectivity index (χ0) is 15.8. The van der Waals surface area contributed by atoms with Crippen LogP contribution in [0.25, 0.3) is 6.08 Å². The number of hydrogen-bond donors (Lipinski definition) is 2. The summed E-state index contributed by atoms with van der Waals surface area (Å²) in [6, 6.07) is 4.92. The van der Waals surface area contributed by atoms with Gasteiger partial charge >= 0.3 is 5.97 Å². The van der Waals surface area contributed by atoms with Crippen LogP contribution in [0.1, 0.15) is 12.0 Å². The number of carbonyl (C=O) groups is 2. The minimum Gasteiger partial charge on any atom is -0.481 e. The van der Waals surface area contributed by atoms with E-state index in [0.717, 1.165) is 0 Å². The molecule has 1 aromatic rings. The number of carboxylic acid groups (broad SMARTS) is 1. The molecule has 0 radical (unpaired) electrons. The Morgan fingerprint density at radius 1 is 1.43 bits per heavy atom. The maximum atomic E-state index is 11.6. The molecule has 0 aliphatic rings. The lowest BCUT2D eigenvalue weighted by Gasteiger charge is -2.12. The number of rotatable bonds is 7. The number of hydrogen-bond acceptors (Lipinski definition) is 3. The molecule has 1 atom stereocenters. The first-order valence-corrected chi connectivity index (χ1v) is 6.83. The molecule has 0 aromatic heterocycles. The summed E-state index contributed by atoms with van der Waals surface area (Å²) in [7, 11) is 1.39. The van der Waals surface area contributed by atoms with Crippen molar-refractivity contribution in [3.8, 4) is 0 Å². The standard InChI is InChI=1S/C14H15Cl2NO4/c1-21-11(7-14(19)20)8-17-13(18)5-2-9-6-10(15)3-4-12(9)16/h2-6,11H,7-8H2,1H3,(H,17,18)(H,19,20)/b5-2+. The normalized spacial score (nSPS) is 12.3. The maximum Gasteiger partial charge on any atom is 0.306 e. The molecular formula is C14H15Cl2NO4. The number of methoxy groups -OCH3 is 1. The number of nitrogens with one attached hydrogen (secondary N) is 1. The van der Waals surface area contributed by atoms with Crippen molar-refractivity contribution < 1.29 is 19.4 Å². The number of carboxylic acids is 1. The van der Waals surface area contributed by atoms with E-state index < -0.39 is 12.1 Å². The summed E-state index contributed by atoms with van der Waals surface area (Å²) in [5.74, 6) is -1.36. The first-order chi connectivity index (χ1) is 9.92. The number of carbonyl (C=O) groups excluding carboxylic acids is 1. The molecule has 0 bridgehead atoms. The molecule has 0 spiro atoms. The smallest absolute Gasteiger partial charge is 0.306 e. The maximum absolute atomic E-state index is 11.6. The lowest BCUT2D eigenvalue weighted by atomic mass is 10.2. The third kappa shape index (κ3) is 6.62. The van der Waals surface area contributed by atoms with Gasteiger partial charge in [-0.2, -0.15) is 0 Å². The van der Waals surface area contributed by atoms with Gasteiger partial charge in [-0.1, -0.05) is 23.2 Å². The molecule has 0 aliphatic carbocycles. The van der Waals surface area contributed by atoms with E-state index in [0.29, 0.717) is 15.6 Å². The van der Waals surface area contributed by atoms with Gasteiger partial charge < -0.3 is 15.2 Å². The van der Waals surface area contributed by atoms with Gasteiger partial charge in [-0.15, -0.1) is 0 Å². The van der Waals surface area contributed by atoms with E-state index in [1.165, 1.54) is 19.3 Å². The summed E-state index contributed by atoms with van der Waals surface area (Å²) in [6.45, 7) is 0.106. The van der Waals surface area contributed by atoms with Crippen LogP contribution in [0.4, 0.5) is 0 Å². The van der Waals surface area contributed by atoms with Crippen LogP contribution in [-0.4, -0.2) is 36.7 Å². The van der Waals surface area contributed by atoms with Gasteiger partial charge in [0, 0.05) is 29.8 Å². The fourth-order valence-corrected chi connectivity index (χ4v) is 1.88. The molecule has 5 nitrogen and oxygen atoms in total. The summed E-state index contributed by atoms with van der Waals surface area (Å²) in [5.41, 5.74) is 0.619. The Hall–Kier alpha value is -1.56. The predicted molar refractivity (Wildman–Crippen MR) is 81.6 cm³/mol. The van der Waals surface area contributed by atoms with Gasteiger partial charge in [0.05, 0.1) is 12.5 Å². The molecular weight excluding hydrogens is 317 g/mol. The van der Waals surface area contributed by atoms with Crippen LogP contribution in [0, 0.1) is 0 Å². The molecule has 0 aliphatic heterocycles. The summed E-state index contributed by atoms with van der Waals surface area (Å²) in [4.78, 5) is 22.2. The van der Waals surface area contributed by atoms with E-state index in [9.17, 15) is 9.59 Å². The van der Waals surface area contributed by atoms with Crippen molar-refractivity contribution in [3.05, 3.63) is 39.9 Å². The van der Waals surface area contributed by atoms with Crippen molar-refractivity contribution >= 4 is 41.2 Å². The van der Waals surface area contributed by atoms with Crippen LogP contribution in [0.5, 0.6) is 0 Å². The average Bonchev–Trinajstić information content (AvgIpc) is 2.44. The van der Waals surface area contributed by atoms with Crippen molar-refractivity contribution in [2.45, 2.75) is 12.5 Å². The second kappa shape index (κ2) is 8.67. The molecule has 21 heavy (non-hydrogen) atoms. The Labute approximate surface area is 132 Å². The average molecular weight is 332 g/mol. The molecule has 1 unspecified atom stereocenters. The minimum absolute atomic E-state index is 0.106. The Morgan fingerprint density at radius 3 is 2.76 bits per heavy atom. The van der Waals surface area contributed by atoms with E-state index >= 15 is 0 Å². The van der Waals surface area contributed by atoms with Crippen LogP contribution in [0.15, 0.2) is 24.3 Å². The lowest BCUT2D eigenvalue weighted by Crippen LogP contribution is -2.33.